The van der Waals surface area contributed by atoms with Crippen molar-refractivity contribution < 1.29 is 44.9 Å². The monoisotopic (exact) mass is 906 g/mol. The van der Waals surface area contributed by atoms with E-state index in [1.165, 1.54) is 148 Å². The third kappa shape index (κ3) is 32.7. The SMILES string of the molecule is CCCCCCCCCCC/C=C\C/C=C\CCCCCCCCCCC(O)C(=O)NC(COC1OC(CO)C(O)C(O)C1O)C(O)/C=C/CC/C=C/CCCCCCCCCCC. The molecule has 1 saturated heterocycles. The Morgan fingerprint density at radius 2 is 0.969 bits per heavy atom. The topological polar surface area (TPSA) is 169 Å². The van der Waals surface area contributed by atoms with Crippen molar-refractivity contribution in [3.05, 3.63) is 48.6 Å². The molecule has 0 bridgehead atoms. The number of unbranched alkanes of at least 4 members (excludes halogenated alkanes) is 27. The van der Waals surface area contributed by atoms with E-state index in [2.05, 4.69) is 55.6 Å². The number of allylic oxidation sites excluding steroid dienone is 7. The van der Waals surface area contributed by atoms with E-state index < -0.39 is 61.5 Å². The van der Waals surface area contributed by atoms with Crippen molar-refractivity contribution in [1.82, 2.24) is 5.32 Å². The Labute approximate surface area is 391 Å². The highest BCUT2D eigenvalue weighted by atomic mass is 16.7. The van der Waals surface area contributed by atoms with Crippen LogP contribution in [0.2, 0.25) is 0 Å². The minimum atomic E-state index is -1.62. The fraction of sp³-hybridized carbons (Fsp3) is 0.833. The fourth-order valence-electron chi connectivity index (χ4n) is 8.15. The number of hydrogen-bond acceptors (Lipinski definition) is 9. The van der Waals surface area contributed by atoms with Gasteiger partial charge in [0.05, 0.1) is 25.4 Å². The zero-order chi connectivity index (χ0) is 46.7. The third-order valence-electron chi connectivity index (χ3n) is 12.5. The minimum absolute atomic E-state index is 0.296. The maximum Gasteiger partial charge on any atom is 0.249 e. The maximum atomic E-state index is 13.1. The smallest absolute Gasteiger partial charge is 0.249 e. The van der Waals surface area contributed by atoms with Gasteiger partial charge in [0.25, 0.3) is 0 Å². The summed E-state index contributed by atoms with van der Waals surface area (Å²) in [5.74, 6) is -0.631. The first kappa shape index (κ1) is 60.1. The van der Waals surface area contributed by atoms with Gasteiger partial charge in [-0.15, -0.1) is 0 Å². The van der Waals surface area contributed by atoms with Crippen LogP contribution in [0.3, 0.4) is 0 Å². The molecule has 1 amide bonds. The number of hydrogen-bond donors (Lipinski definition) is 7. The van der Waals surface area contributed by atoms with Gasteiger partial charge in [0.1, 0.15) is 30.5 Å². The summed E-state index contributed by atoms with van der Waals surface area (Å²) in [5.41, 5.74) is 0. The van der Waals surface area contributed by atoms with E-state index in [9.17, 15) is 35.4 Å². The number of carbonyl (C=O) groups excluding carboxylic acids is 1. The van der Waals surface area contributed by atoms with Crippen LogP contribution in [0.1, 0.15) is 226 Å². The van der Waals surface area contributed by atoms with Gasteiger partial charge in [-0.1, -0.05) is 210 Å². The Bertz CT molecular complexity index is 1160. The van der Waals surface area contributed by atoms with E-state index in [1.807, 2.05) is 6.08 Å². The summed E-state index contributed by atoms with van der Waals surface area (Å²) in [7, 11) is 0. The van der Waals surface area contributed by atoms with E-state index in [0.717, 1.165) is 44.9 Å². The molecule has 1 rings (SSSR count). The Balaban J connectivity index is 2.33. The molecule has 1 aliphatic heterocycles. The molecule has 374 valence electrons. The largest absolute Gasteiger partial charge is 0.394 e. The van der Waals surface area contributed by atoms with E-state index in [4.69, 9.17) is 9.47 Å². The second-order valence-electron chi connectivity index (χ2n) is 18.4. The maximum absolute atomic E-state index is 13.1. The van der Waals surface area contributed by atoms with Crippen LogP contribution < -0.4 is 5.32 Å². The molecule has 0 aliphatic carbocycles. The Hall–Kier alpha value is -1.89. The average molecular weight is 906 g/mol. The lowest BCUT2D eigenvalue weighted by molar-refractivity contribution is -0.302. The van der Waals surface area contributed by atoms with Crippen LogP contribution in [0.15, 0.2) is 48.6 Å². The van der Waals surface area contributed by atoms with E-state index in [-0.39, 0.29) is 6.61 Å². The van der Waals surface area contributed by atoms with Crippen molar-refractivity contribution in [2.45, 2.75) is 275 Å². The van der Waals surface area contributed by atoms with Crippen molar-refractivity contribution in [3.63, 3.8) is 0 Å². The lowest BCUT2D eigenvalue weighted by Crippen LogP contribution is -2.60. The average Bonchev–Trinajstić information content (AvgIpc) is 3.29. The van der Waals surface area contributed by atoms with Gasteiger partial charge >= 0.3 is 0 Å². The van der Waals surface area contributed by atoms with E-state index >= 15 is 0 Å². The van der Waals surface area contributed by atoms with Gasteiger partial charge in [0, 0.05) is 0 Å². The number of amides is 1. The second-order valence-corrected chi connectivity index (χ2v) is 18.4. The molecule has 8 unspecified atom stereocenters. The number of rotatable bonds is 44. The zero-order valence-electron chi connectivity index (χ0n) is 40.9. The number of aliphatic hydroxyl groups excluding tert-OH is 6. The normalized spacial score (nSPS) is 20.9. The molecule has 1 aliphatic rings. The Morgan fingerprint density at radius 3 is 1.45 bits per heavy atom. The molecule has 1 fully saturated rings. The molecular weight excluding hydrogens is 807 g/mol. The first-order chi connectivity index (χ1) is 31.3. The molecule has 1 heterocycles. The standard InChI is InChI=1S/C54H99NO9/c1-3-5-7-9-11-13-15-17-19-20-21-22-23-24-25-26-27-29-31-33-35-37-39-41-43-48(58)53(62)55-46(45-63-54-52(61)51(60)50(59)49(44-56)64-54)47(57)42-40-38-36-34-32-30-28-18-16-14-12-10-8-6-4-2/h21-22,24-25,32,34,40,42,46-52,54,56-61H,3-20,23,26-31,33,35-39,41,43-45H2,1-2H3,(H,55,62)/b22-21-,25-24-,34-32+,42-40+. The first-order valence-electron chi connectivity index (χ1n) is 26.5. The van der Waals surface area contributed by atoms with Crippen molar-refractivity contribution in [3.8, 4) is 0 Å². The summed E-state index contributed by atoms with van der Waals surface area (Å²) in [6.45, 7) is 3.59. The molecule has 0 aromatic heterocycles. The molecule has 0 spiro atoms. The highest BCUT2D eigenvalue weighted by molar-refractivity contribution is 5.80. The van der Waals surface area contributed by atoms with Crippen molar-refractivity contribution in [2.75, 3.05) is 13.2 Å². The van der Waals surface area contributed by atoms with Crippen molar-refractivity contribution >= 4 is 5.91 Å². The quantitative estimate of drug-likeness (QED) is 0.0232. The summed E-state index contributed by atoms with van der Waals surface area (Å²) >= 11 is 0. The van der Waals surface area contributed by atoms with Crippen LogP contribution in [-0.2, 0) is 14.3 Å². The van der Waals surface area contributed by atoms with Crippen LogP contribution >= 0.6 is 0 Å². The third-order valence-corrected chi connectivity index (χ3v) is 12.5. The number of carbonyl (C=O) groups is 1. The summed E-state index contributed by atoms with van der Waals surface area (Å²) in [6, 6.07) is -1.00. The van der Waals surface area contributed by atoms with Gasteiger partial charge in [-0.3, -0.25) is 4.79 Å². The van der Waals surface area contributed by atoms with Gasteiger partial charge in [0.2, 0.25) is 5.91 Å². The van der Waals surface area contributed by atoms with Crippen LogP contribution in [-0.4, -0.2) is 98.7 Å². The lowest BCUT2D eigenvalue weighted by Gasteiger charge is -2.40. The number of ether oxygens (including phenoxy) is 2. The molecule has 8 atom stereocenters. The van der Waals surface area contributed by atoms with Gasteiger partial charge < -0.3 is 45.4 Å². The highest BCUT2D eigenvalue weighted by Crippen LogP contribution is 2.23. The molecular formula is C54H99NO9. The van der Waals surface area contributed by atoms with E-state index in [0.29, 0.717) is 19.3 Å². The van der Waals surface area contributed by atoms with E-state index in [1.54, 1.807) is 6.08 Å². The predicted molar refractivity (Wildman–Crippen MR) is 264 cm³/mol. The lowest BCUT2D eigenvalue weighted by atomic mass is 9.99. The summed E-state index contributed by atoms with van der Waals surface area (Å²) in [6.07, 6.45) is 46.3. The van der Waals surface area contributed by atoms with Gasteiger partial charge in [-0.25, -0.2) is 0 Å². The summed E-state index contributed by atoms with van der Waals surface area (Å²) in [5, 5.41) is 64.8. The number of aliphatic hydroxyl groups is 6. The minimum Gasteiger partial charge on any atom is -0.394 e. The molecule has 0 aromatic carbocycles. The molecule has 0 radical (unpaired) electrons. The van der Waals surface area contributed by atoms with Crippen LogP contribution in [0.5, 0.6) is 0 Å². The van der Waals surface area contributed by atoms with Crippen molar-refractivity contribution in [2.24, 2.45) is 0 Å². The Morgan fingerprint density at radius 1 is 0.547 bits per heavy atom. The summed E-state index contributed by atoms with van der Waals surface area (Å²) < 4.78 is 11.1. The predicted octanol–water partition coefficient (Wildman–Crippen LogP) is 11.1. The van der Waals surface area contributed by atoms with Gasteiger partial charge in [-0.05, 0) is 64.2 Å². The molecule has 10 heteroatoms. The molecule has 10 nitrogen and oxygen atoms in total. The van der Waals surface area contributed by atoms with Crippen LogP contribution in [0, 0.1) is 0 Å². The van der Waals surface area contributed by atoms with Crippen molar-refractivity contribution in [1.29, 1.82) is 0 Å². The Kier molecular flexibility index (Phi) is 41.0. The molecule has 7 N–H and O–H groups in total. The second kappa shape index (κ2) is 43.7. The molecule has 0 saturated carbocycles. The van der Waals surface area contributed by atoms with Crippen LogP contribution in [0.4, 0.5) is 0 Å². The zero-order valence-corrected chi connectivity index (χ0v) is 40.9. The highest BCUT2D eigenvalue weighted by Gasteiger charge is 2.44. The van der Waals surface area contributed by atoms with Gasteiger partial charge in [-0.2, -0.15) is 0 Å². The van der Waals surface area contributed by atoms with Crippen LogP contribution in [0.25, 0.3) is 0 Å². The van der Waals surface area contributed by atoms with Gasteiger partial charge in [0.15, 0.2) is 6.29 Å². The fourth-order valence-corrected chi connectivity index (χ4v) is 8.15. The molecule has 0 aromatic rings. The summed E-state index contributed by atoms with van der Waals surface area (Å²) in [4.78, 5) is 13.1. The molecule has 64 heavy (non-hydrogen) atoms. The first-order valence-corrected chi connectivity index (χ1v) is 26.5. The number of nitrogens with one attached hydrogen (secondary N) is 1.